The minimum absolute atomic E-state index is 0.115. The fourth-order valence-corrected chi connectivity index (χ4v) is 3.93. The van der Waals surface area contributed by atoms with Crippen LogP contribution in [0.2, 0.25) is 0 Å². The van der Waals surface area contributed by atoms with Gasteiger partial charge in [0, 0.05) is 19.5 Å². The van der Waals surface area contributed by atoms with Gasteiger partial charge in [-0.2, -0.15) is 0 Å². The summed E-state index contributed by atoms with van der Waals surface area (Å²) >= 11 is 0. The van der Waals surface area contributed by atoms with Crippen LogP contribution in [0.5, 0.6) is 5.75 Å². The Hall–Kier alpha value is -3.11. The summed E-state index contributed by atoms with van der Waals surface area (Å²) in [6.07, 6.45) is 1.19. The quantitative estimate of drug-likeness (QED) is 0.616. The molecule has 1 amide bonds. The molecule has 0 atom stereocenters. The van der Waals surface area contributed by atoms with Crippen LogP contribution in [0.15, 0.2) is 72.8 Å². The highest BCUT2D eigenvalue weighted by molar-refractivity contribution is 5.78. The molecule has 2 bridgehead atoms. The number of hydrogen-bond donors (Lipinski definition) is 0. The van der Waals surface area contributed by atoms with Crippen LogP contribution in [-0.2, 0) is 28.9 Å². The van der Waals surface area contributed by atoms with E-state index in [-0.39, 0.29) is 5.91 Å². The molecular formula is C27H29NO3. The van der Waals surface area contributed by atoms with Gasteiger partial charge in [0.1, 0.15) is 12.4 Å². The Balaban J connectivity index is 1.57. The minimum Gasteiger partial charge on any atom is -0.491 e. The second-order valence-corrected chi connectivity index (χ2v) is 8.05. The topological polar surface area (TPSA) is 38.8 Å². The molecule has 4 nitrogen and oxygen atoms in total. The lowest BCUT2D eigenvalue weighted by Crippen LogP contribution is -2.35. The van der Waals surface area contributed by atoms with Gasteiger partial charge in [-0.05, 0) is 35.2 Å². The molecule has 1 heterocycles. The molecule has 3 aromatic rings. The fraction of sp³-hybridized carbons (Fsp3) is 0.296. The molecule has 0 saturated carbocycles. The SMILES string of the molecule is Cc1ccc2c(c1)Cc1cccc(c1)CN(C(=O)Cc1ccccc1)CCOCCO2. The monoisotopic (exact) mass is 415 g/mol. The van der Waals surface area contributed by atoms with Gasteiger partial charge in [-0.3, -0.25) is 4.79 Å². The smallest absolute Gasteiger partial charge is 0.227 e. The zero-order valence-electron chi connectivity index (χ0n) is 18.0. The molecule has 1 aliphatic heterocycles. The van der Waals surface area contributed by atoms with E-state index < -0.39 is 0 Å². The Labute approximate surface area is 184 Å². The van der Waals surface area contributed by atoms with Crippen molar-refractivity contribution in [2.24, 2.45) is 0 Å². The molecule has 0 aromatic heterocycles. The van der Waals surface area contributed by atoms with E-state index in [4.69, 9.17) is 9.47 Å². The lowest BCUT2D eigenvalue weighted by molar-refractivity contribution is -0.131. The Bertz CT molecular complexity index is 1020. The Kier molecular flexibility index (Phi) is 7.00. The summed E-state index contributed by atoms with van der Waals surface area (Å²) in [6, 6.07) is 24.7. The van der Waals surface area contributed by atoms with E-state index in [0.717, 1.165) is 23.3 Å². The maximum absolute atomic E-state index is 13.0. The van der Waals surface area contributed by atoms with Crippen molar-refractivity contribution in [2.75, 3.05) is 26.4 Å². The van der Waals surface area contributed by atoms with Crippen molar-refractivity contribution >= 4 is 5.91 Å². The molecule has 1 aliphatic rings. The van der Waals surface area contributed by atoms with E-state index in [2.05, 4.69) is 43.3 Å². The normalized spacial score (nSPS) is 14.8. The van der Waals surface area contributed by atoms with Crippen molar-refractivity contribution in [2.45, 2.75) is 26.3 Å². The summed E-state index contributed by atoms with van der Waals surface area (Å²) in [5, 5.41) is 0. The first-order valence-electron chi connectivity index (χ1n) is 10.9. The summed E-state index contributed by atoms with van der Waals surface area (Å²) in [5.74, 6) is 1.03. The van der Waals surface area contributed by atoms with Gasteiger partial charge in [0.25, 0.3) is 0 Å². The molecule has 0 unspecified atom stereocenters. The van der Waals surface area contributed by atoms with Crippen LogP contribution in [-0.4, -0.2) is 37.2 Å². The number of carbonyl (C=O) groups is 1. The van der Waals surface area contributed by atoms with E-state index in [9.17, 15) is 4.79 Å². The van der Waals surface area contributed by atoms with Crippen molar-refractivity contribution in [3.05, 3.63) is 101 Å². The van der Waals surface area contributed by atoms with Crippen molar-refractivity contribution in [1.82, 2.24) is 4.90 Å². The first-order valence-corrected chi connectivity index (χ1v) is 10.9. The molecule has 0 radical (unpaired) electrons. The van der Waals surface area contributed by atoms with Crippen molar-refractivity contribution in [3.63, 3.8) is 0 Å². The number of aryl methyl sites for hydroxylation is 1. The first-order chi connectivity index (χ1) is 15.2. The van der Waals surface area contributed by atoms with Gasteiger partial charge in [0.05, 0.1) is 19.6 Å². The van der Waals surface area contributed by atoms with Crippen LogP contribution < -0.4 is 4.74 Å². The third kappa shape index (κ3) is 5.96. The largest absolute Gasteiger partial charge is 0.491 e. The third-order valence-electron chi connectivity index (χ3n) is 5.52. The van der Waals surface area contributed by atoms with Gasteiger partial charge in [0.15, 0.2) is 0 Å². The second kappa shape index (κ2) is 10.3. The van der Waals surface area contributed by atoms with E-state index in [0.29, 0.717) is 39.3 Å². The van der Waals surface area contributed by atoms with Crippen LogP contribution in [0, 0.1) is 6.92 Å². The van der Waals surface area contributed by atoms with Crippen LogP contribution in [0.3, 0.4) is 0 Å². The highest BCUT2D eigenvalue weighted by atomic mass is 16.5. The van der Waals surface area contributed by atoms with Crippen molar-refractivity contribution in [3.8, 4) is 5.75 Å². The predicted molar refractivity (Wildman–Crippen MR) is 122 cm³/mol. The maximum atomic E-state index is 13.0. The highest BCUT2D eigenvalue weighted by Gasteiger charge is 2.16. The Morgan fingerprint density at radius 2 is 1.74 bits per heavy atom. The summed E-state index contributed by atoms with van der Waals surface area (Å²) in [4.78, 5) is 14.9. The molecule has 0 fully saturated rings. The van der Waals surface area contributed by atoms with Crippen molar-refractivity contribution < 1.29 is 14.3 Å². The minimum atomic E-state index is 0.115. The molecule has 4 heteroatoms. The van der Waals surface area contributed by atoms with Gasteiger partial charge in [0.2, 0.25) is 5.91 Å². The number of rotatable bonds is 2. The van der Waals surface area contributed by atoms with Gasteiger partial charge in [-0.1, -0.05) is 72.3 Å². The zero-order valence-corrected chi connectivity index (χ0v) is 18.0. The number of hydrogen-bond acceptors (Lipinski definition) is 3. The average molecular weight is 416 g/mol. The lowest BCUT2D eigenvalue weighted by atomic mass is 10.00. The van der Waals surface area contributed by atoms with Gasteiger partial charge in [-0.15, -0.1) is 0 Å². The third-order valence-corrected chi connectivity index (χ3v) is 5.52. The van der Waals surface area contributed by atoms with Gasteiger partial charge < -0.3 is 14.4 Å². The molecule has 3 aromatic carbocycles. The molecule has 0 aliphatic carbocycles. The summed E-state index contributed by atoms with van der Waals surface area (Å²) in [5.41, 5.74) is 5.77. The second-order valence-electron chi connectivity index (χ2n) is 8.05. The van der Waals surface area contributed by atoms with Crippen LogP contribution in [0.1, 0.15) is 27.8 Å². The van der Waals surface area contributed by atoms with Crippen LogP contribution >= 0.6 is 0 Å². The number of nitrogens with zero attached hydrogens (tertiary/aromatic N) is 1. The number of benzene rings is 3. The summed E-state index contributed by atoms with van der Waals surface area (Å²) in [7, 11) is 0. The lowest BCUT2D eigenvalue weighted by Gasteiger charge is -2.24. The van der Waals surface area contributed by atoms with E-state index in [1.165, 1.54) is 16.7 Å². The Morgan fingerprint density at radius 3 is 2.61 bits per heavy atom. The average Bonchev–Trinajstić information content (AvgIpc) is 2.77. The molecule has 160 valence electrons. The van der Waals surface area contributed by atoms with Gasteiger partial charge in [-0.25, -0.2) is 0 Å². The van der Waals surface area contributed by atoms with Crippen LogP contribution in [0.4, 0.5) is 0 Å². The molecule has 0 N–H and O–H groups in total. The number of ether oxygens (including phenoxy) is 2. The van der Waals surface area contributed by atoms with Gasteiger partial charge >= 0.3 is 0 Å². The number of carbonyl (C=O) groups excluding carboxylic acids is 1. The molecule has 0 spiro atoms. The zero-order chi connectivity index (χ0) is 21.5. The molecule has 31 heavy (non-hydrogen) atoms. The standard InChI is InChI=1S/C27H29NO3/c1-21-10-11-26-25(16-21)18-23-8-5-9-24(17-23)20-28(12-13-30-14-15-31-26)27(29)19-22-6-3-2-4-7-22/h2-11,16-17H,12-15,18-20H2,1H3. The molecule has 4 rings (SSSR count). The fourth-order valence-electron chi connectivity index (χ4n) is 3.93. The first kappa shape index (κ1) is 21.1. The van der Waals surface area contributed by atoms with E-state index >= 15 is 0 Å². The number of amides is 1. The van der Waals surface area contributed by atoms with E-state index in [1.54, 1.807) is 0 Å². The van der Waals surface area contributed by atoms with E-state index in [1.807, 2.05) is 41.3 Å². The molecule has 0 saturated heterocycles. The summed E-state index contributed by atoms with van der Waals surface area (Å²) in [6.45, 7) is 4.73. The van der Waals surface area contributed by atoms with Crippen molar-refractivity contribution in [1.29, 1.82) is 0 Å². The summed E-state index contributed by atoms with van der Waals surface area (Å²) < 4.78 is 11.8. The predicted octanol–water partition coefficient (Wildman–Crippen LogP) is 4.57. The number of fused-ring (bicyclic) bond motifs is 3. The van der Waals surface area contributed by atoms with Crippen LogP contribution in [0.25, 0.3) is 0 Å². The molecular weight excluding hydrogens is 386 g/mol. The maximum Gasteiger partial charge on any atom is 0.227 e. The highest BCUT2D eigenvalue weighted by Crippen LogP contribution is 2.24. The Morgan fingerprint density at radius 1 is 0.903 bits per heavy atom.